The van der Waals surface area contributed by atoms with E-state index in [1.807, 2.05) is 51.1 Å². The lowest BCUT2D eigenvalue weighted by atomic mass is 9.77. The molecule has 0 aromatic heterocycles. The summed E-state index contributed by atoms with van der Waals surface area (Å²) in [6.45, 7) is 10.4. The summed E-state index contributed by atoms with van der Waals surface area (Å²) in [6, 6.07) is 13.2. The second-order valence-corrected chi connectivity index (χ2v) is 15.0. The highest BCUT2D eigenvalue weighted by atomic mass is 16.6. The minimum absolute atomic E-state index is 0.0285. The normalized spacial score (nSPS) is 26.3. The van der Waals surface area contributed by atoms with Gasteiger partial charge in [0.1, 0.15) is 5.60 Å². The molecule has 2 aromatic rings. The van der Waals surface area contributed by atoms with E-state index in [1.165, 1.54) is 0 Å². The van der Waals surface area contributed by atoms with Crippen molar-refractivity contribution >= 4 is 17.9 Å². The van der Waals surface area contributed by atoms with E-state index in [2.05, 4.69) is 18.7 Å². The second-order valence-electron chi connectivity index (χ2n) is 15.0. The van der Waals surface area contributed by atoms with E-state index >= 15 is 0 Å². The molecule has 2 aromatic carbocycles. The van der Waals surface area contributed by atoms with Crippen molar-refractivity contribution < 1.29 is 29.0 Å². The quantitative estimate of drug-likeness (QED) is 0.511. The third-order valence-corrected chi connectivity index (χ3v) is 10.1. The third-order valence-electron chi connectivity index (χ3n) is 10.1. The minimum Gasteiger partial charge on any atom is -0.444 e. The van der Waals surface area contributed by atoms with Crippen LogP contribution in [-0.2, 0) is 27.9 Å². The van der Waals surface area contributed by atoms with Crippen LogP contribution in [0.3, 0.4) is 0 Å². The van der Waals surface area contributed by atoms with Gasteiger partial charge in [-0.25, -0.2) is 4.79 Å². The Morgan fingerprint density at radius 1 is 1.04 bits per heavy atom. The van der Waals surface area contributed by atoms with Gasteiger partial charge in [0.05, 0.1) is 18.2 Å². The Balaban J connectivity index is 1.21. The zero-order valence-electron chi connectivity index (χ0n) is 27.4. The summed E-state index contributed by atoms with van der Waals surface area (Å²) in [5.41, 5.74) is 2.99. The van der Waals surface area contributed by atoms with E-state index in [0.29, 0.717) is 30.6 Å². The van der Waals surface area contributed by atoms with Gasteiger partial charge in [-0.3, -0.25) is 14.5 Å². The molecule has 0 spiro atoms. The number of aliphatic hydroxyl groups excluding tert-OH is 1. The van der Waals surface area contributed by atoms with Crippen molar-refractivity contribution in [1.29, 1.82) is 0 Å². The smallest absolute Gasteiger partial charge is 0.410 e. The van der Waals surface area contributed by atoms with Crippen LogP contribution < -0.4 is 0 Å². The number of hydrogen-bond donors (Lipinski definition) is 1. The minimum atomic E-state index is -0.987. The number of aliphatic hydroxyl groups is 1. The molecule has 3 amide bonds. The van der Waals surface area contributed by atoms with Gasteiger partial charge in [0.15, 0.2) is 0 Å². The van der Waals surface area contributed by atoms with Crippen LogP contribution in [0.1, 0.15) is 97.7 Å². The maximum Gasteiger partial charge on any atom is 0.410 e. The Hall–Kier alpha value is -3.43. The topological polar surface area (TPSA) is 99.6 Å². The van der Waals surface area contributed by atoms with Gasteiger partial charge in [-0.2, -0.15) is 0 Å². The van der Waals surface area contributed by atoms with Gasteiger partial charge in [0.2, 0.25) is 0 Å². The number of rotatable bonds is 5. The molecule has 2 saturated heterocycles. The average molecular weight is 618 g/mol. The molecular weight excluding hydrogens is 570 g/mol. The number of ether oxygens (including phenoxy) is 2. The molecule has 5 atom stereocenters. The first-order chi connectivity index (χ1) is 21.3. The Morgan fingerprint density at radius 2 is 1.71 bits per heavy atom. The fourth-order valence-electron chi connectivity index (χ4n) is 7.93. The van der Waals surface area contributed by atoms with Crippen LogP contribution in [0.25, 0.3) is 0 Å². The predicted molar refractivity (Wildman–Crippen MR) is 170 cm³/mol. The van der Waals surface area contributed by atoms with Crippen LogP contribution in [-0.4, -0.2) is 93.8 Å². The molecule has 45 heavy (non-hydrogen) atoms. The zero-order valence-corrected chi connectivity index (χ0v) is 27.4. The lowest BCUT2D eigenvalue weighted by Gasteiger charge is -2.44. The highest BCUT2D eigenvalue weighted by molar-refractivity contribution is 6.00. The van der Waals surface area contributed by atoms with Gasteiger partial charge in [0, 0.05) is 55.4 Å². The highest BCUT2D eigenvalue weighted by Crippen LogP contribution is 2.39. The molecule has 4 aliphatic heterocycles. The van der Waals surface area contributed by atoms with Gasteiger partial charge < -0.3 is 24.4 Å². The monoisotopic (exact) mass is 617 g/mol. The molecule has 6 rings (SSSR count). The summed E-state index contributed by atoms with van der Waals surface area (Å²) in [6.07, 6.45) is 2.93. The van der Waals surface area contributed by atoms with E-state index in [-0.39, 0.29) is 36.5 Å². The number of fused-ring (bicyclic) bond motifs is 4. The first-order valence-electron chi connectivity index (χ1n) is 16.3. The van der Waals surface area contributed by atoms with Crippen LogP contribution in [0.15, 0.2) is 42.5 Å². The Bertz CT molecular complexity index is 1470. The molecule has 2 bridgehead atoms. The molecule has 0 aliphatic carbocycles. The molecule has 1 N–H and O–H groups in total. The average Bonchev–Trinajstić information content (AvgIpc) is 3.26. The third kappa shape index (κ3) is 6.09. The van der Waals surface area contributed by atoms with Gasteiger partial charge in [-0.05, 0) is 87.8 Å². The number of methoxy groups -OCH3 is 1. The lowest BCUT2D eigenvalue weighted by molar-refractivity contribution is -0.0193. The van der Waals surface area contributed by atoms with Crippen molar-refractivity contribution in [2.45, 2.75) is 115 Å². The second kappa shape index (κ2) is 11.7. The molecule has 1 unspecified atom stereocenters. The number of β-amino-alcohol motifs (C(OH)–C–C–N with tert-alkyl or cyclic N) is 1. The van der Waals surface area contributed by atoms with Crippen LogP contribution in [0.2, 0.25) is 0 Å². The molecule has 2 fully saturated rings. The van der Waals surface area contributed by atoms with Crippen LogP contribution >= 0.6 is 0 Å². The molecule has 0 saturated carbocycles. The predicted octanol–water partition coefficient (Wildman–Crippen LogP) is 4.92. The number of hydrogen-bond acceptors (Lipinski definition) is 6. The first-order valence-corrected chi connectivity index (χ1v) is 16.3. The Labute approximate surface area is 266 Å². The van der Waals surface area contributed by atoms with Gasteiger partial charge in [0.25, 0.3) is 11.8 Å². The summed E-state index contributed by atoms with van der Waals surface area (Å²) < 4.78 is 11.3. The zero-order chi connectivity index (χ0) is 32.3. The maximum absolute atomic E-state index is 13.9. The molecule has 4 aliphatic rings. The number of piperidine rings is 1. The SMILES string of the molecule is COC1C[C@H]2CC[C@@H](C1)N2C(=O)c1ccc2c(c1)C(C)(C)CN(C[C@H](O)[C@@H]1Cc3ccccc3CN1C(=O)OC(C)(C)C)C2=O. The standard InChI is InChI=1S/C36H47N3O6/c1-35(2,3)45-34(43)38-19-24-10-8-7-9-22(24)16-30(38)31(40)20-37-21-36(4,5)29-15-23(11-14-28(29)33(37)42)32(41)39-25-12-13-26(39)18-27(17-25)44-6/h7-11,14-15,25-27,30-31,40H,12-13,16-21H2,1-6H3/t25-,26+,27?,30-,31-/m0/s1. The maximum atomic E-state index is 13.9. The van der Waals surface area contributed by atoms with E-state index in [4.69, 9.17) is 9.47 Å². The number of benzene rings is 2. The number of carbonyl (C=O) groups is 3. The number of nitrogens with zero attached hydrogens (tertiary/aromatic N) is 3. The van der Waals surface area contributed by atoms with Gasteiger partial charge >= 0.3 is 6.09 Å². The van der Waals surface area contributed by atoms with E-state index in [0.717, 1.165) is 42.4 Å². The highest BCUT2D eigenvalue weighted by Gasteiger charge is 2.45. The Kier molecular flexibility index (Phi) is 8.23. The van der Waals surface area contributed by atoms with Crippen molar-refractivity contribution in [3.63, 3.8) is 0 Å². The molecule has 9 nitrogen and oxygen atoms in total. The van der Waals surface area contributed by atoms with Crippen LogP contribution in [0.4, 0.5) is 4.79 Å². The fourth-order valence-corrected chi connectivity index (χ4v) is 7.93. The number of amides is 3. The first kappa shape index (κ1) is 31.5. The summed E-state index contributed by atoms with van der Waals surface area (Å²) in [5.74, 6) is -0.149. The van der Waals surface area contributed by atoms with Gasteiger partial charge in [-0.15, -0.1) is 0 Å². The number of carbonyl (C=O) groups excluding carboxylic acids is 3. The van der Waals surface area contributed by atoms with E-state index in [9.17, 15) is 19.5 Å². The van der Waals surface area contributed by atoms with Crippen molar-refractivity contribution in [1.82, 2.24) is 14.7 Å². The largest absolute Gasteiger partial charge is 0.444 e. The summed E-state index contributed by atoms with van der Waals surface area (Å²) >= 11 is 0. The van der Waals surface area contributed by atoms with E-state index in [1.54, 1.807) is 29.0 Å². The van der Waals surface area contributed by atoms with Crippen LogP contribution in [0, 0.1) is 0 Å². The van der Waals surface area contributed by atoms with E-state index < -0.39 is 29.3 Å². The lowest BCUT2D eigenvalue weighted by Crippen LogP contribution is -2.57. The summed E-state index contributed by atoms with van der Waals surface area (Å²) in [7, 11) is 1.75. The molecule has 9 heteroatoms. The van der Waals surface area contributed by atoms with Crippen molar-refractivity contribution in [3.8, 4) is 0 Å². The molecular formula is C36H47N3O6. The fraction of sp³-hybridized carbons (Fsp3) is 0.583. The van der Waals surface area contributed by atoms with Crippen molar-refractivity contribution in [2.75, 3.05) is 20.2 Å². The summed E-state index contributed by atoms with van der Waals surface area (Å²) in [4.78, 5) is 46.3. The van der Waals surface area contributed by atoms with Gasteiger partial charge in [-0.1, -0.05) is 38.1 Å². The Morgan fingerprint density at radius 3 is 2.36 bits per heavy atom. The van der Waals surface area contributed by atoms with Crippen molar-refractivity contribution in [3.05, 3.63) is 70.3 Å². The van der Waals surface area contributed by atoms with Crippen LogP contribution in [0.5, 0.6) is 0 Å². The molecule has 4 heterocycles. The molecule has 0 radical (unpaired) electrons. The molecule has 242 valence electrons. The summed E-state index contributed by atoms with van der Waals surface area (Å²) in [5, 5.41) is 11.7. The van der Waals surface area contributed by atoms with Crippen molar-refractivity contribution in [2.24, 2.45) is 0 Å².